The Kier molecular flexibility index (Phi) is 22.1. The summed E-state index contributed by atoms with van der Waals surface area (Å²) in [5, 5.41) is 10.0. The topological polar surface area (TPSA) is 267 Å². The van der Waals surface area contributed by atoms with Crippen LogP contribution in [0.3, 0.4) is 0 Å². The minimum Gasteiger partial charge on any atom is -0.379 e. The van der Waals surface area contributed by atoms with Crippen LogP contribution >= 0.6 is 15.4 Å². The average molecular weight is 707 g/mol. The van der Waals surface area contributed by atoms with Crippen LogP contribution in [0.2, 0.25) is 0 Å². The first-order chi connectivity index (χ1) is 21.8. The van der Waals surface area contributed by atoms with Crippen molar-refractivity contribution in [1.82, 2.24) is 21.3 Å². The summed E-state index contributed by atoms with van der Waals surface area (Å²) >= 11 is 0. The van der Waals surface area contributed by atoms with E-state index in [9.17, 15) is 33.2 Å². The molecule has 0 heterocycles. The fourth-order valence-electron chi connectivity index (χ4n) is 3.93. The number of carbonyl (C=O) groups excluding carboxylic acids is 4. The largest absolute Gasteiger partial charge is 0.469 e. The Balaban J connectivity index is 1.86. The van der Waals surface area contributed by atoms with Crippen LogP contribution in [0.1, 0.15) is 38.5 Å². The molecule has 1 saturated carbocycles. The number of phosphoric acid groups is 1. The Bertz CT molecular complexity index is 1000. The van der Waals surface area contributed by atoms with Gasteiger partial charge in [0.2, 0.25) is 0 Å². The third-order valence-electron chi connectivity index (χ3n) is 6.03. The first-order valence-electron chi connectivity index (χ1n) is 14.9. The van der Waals surface area contributed by atoms with Crippen LogP contribution < -0.4 is 21.3 Å². The second-order valence-electron chi connectivity index (χ2n) is 10.1. The molecule has 1 unspecified atom stereocenters. The first kappa shape index (κ1) is 42.0. The lowest BCUT2D eigenvalue weighted by Gasteiger charge is -2.29. The average Bonchev–Trinajstić information content (AvgIpc) is 2.97. The van der Waals surface area contributed by atoms with E-state index in [1.54, 1.807) is 0 Å². The molecular formula is C25H48N4O15P2. The molecule has 46 heavy (non-hydrogen) atoms. The molecule has 4 amide bonds. The van der Waals surface area contributed by atoms with Crippen LogP contribution in [0.4, 0.5) is 0 Å². The third kappa shape index (κ3) is 24.2. The minimum absolute atomic E-state index is 0.0352. The second kappa shape index (κ2) is 24.2. The van der Waals surface area contributed by atoms with Crippen molar-refractivity contribution in [3.63, 3.8) is 0 Å². The monoisotopic (exact) mass is 706 g/mol. The molecule has 0 aromatic rings. The molecule has 1 atom stereocenters. The van der Waals surface area contributed by atoms with Crippen LogP contribution in [0.25, 0.3) is 0 Å². The zero-order chi connectivity index (χ0) is 34.3. The third-order valence-corrected chi connectivity index (χ3v) is 7.24. The van der Waals surface area contributed by atoms with Crippen molar-refractivity contribution in [2.24, 2.45) is 0 Å². The van der Waals surface area contributed by atoms with E-state index in [1.807, 2.05) is 0 Å². The van der Waals surface area contributed by atoms with Crippen LogP contribution in [-0.4, -0.2) is 136 Å². The molecular weight excluding hydrogens is 658 g/mol. The highest BCUT2D eigenvalue weighted by molar-refractivity contribution is 7.51. The number of amides is 4. The van der Waals surface area contributed by atoms with E-state index in [1.165, 1.54) is 0 Å². The molecule has 1 aliphatic carbocycles. The Labute approximate surface area is 267 Å². The lowest BCUT2D eigenvalue weighted by molar-refractivity contribution is -0.139. The van der Waals surface area contributed by atoms with E-state index in [4.69, 9.17) is 33.3 Å². The molecule has 1 rings (SSSR count). The molecule has 1 aliphatic rings. The van der Waals surface area contributed by atoms with Crippen molar-refractivity contribution in [2.45, 2.75) is 50.7 Å². The van der Waals surface area contributed by atoms with Gasteiger partial charge in [0.05, 0.1) is 52.4 Å². The number of ether oxygens (including phenoxy) is 4. The zero-order valence-corrected chi connectivity index (χ0v) is 27.8. The number of phosphoric ester groups is 1. The van der Waals surface area contributed by atoms with Crippen LogP contribution in [-0.2, 0) is 56.3 Å². The summed E-state index contributed by atoms with van der Waals surface area (Å²) in [6.07, 6.45) is 2.83. The molecule has 0 spiro atoms. The number of carbonyl (C=O) groups is 4. The lowest BCUT2D eigenvalue weighted by Crippen LogP contribution is -2.46. The molecule has 0 radical (unpaired) electrons. The summed E-state index contributed by atoms with van der Waals surface area (Å²) in [6.45, 7) is 3.40. The predicted molar refractivity (Wildman–Crippen MR) is 161 cm³/mol. The summed E-state index contributed by atoms with van der Waals surface area (Å²) in [5.74, 6) is -3.09. The van der Waals surface area contributed by atoms with E-state index in [-0.39, 0.29) is 51.6 Å². The summed E-state index contributed by atoms with van der Waals surface area (Å²) < 4.78 is 52.3. The van der Waals surface area contributed by atoms with Crippen LogP contribution in [0.15, 0.2) is 0 Å². The molecule has 268 valence electrons. The normalized spacial score (nSPS) is 17.9. The van der Waals surface area contributed by atoms with Gasteiger partial charge in [-0.3, -0.25) is 28.3 Å². The van der Waals surface area contributed by atoms with E-state index in [2.05, 4.69) is 25.8 Å². The van der Waals surface area contributed by atoms with Crippen molar-refractivity contribution in [3.8, 4) is 0 Å². The maximum absolute atomic E-state index is 12.1. The Morgan fingerprint density at radius 1 is 0.609 bits per heavy atom. The number of rotatable bonds is 24. The van der Waals surface area contributed by atoms with Crippen molar-refractivity contribution in [1.29, 1.82) is 0 Å². The van der Waals surface area contributed by atoms with Gasteiger partial charge in [0.15, 0.2) is 0 Å². The second-order valence-corrected chi connectivity index (χ2v) is 13.2. The first-order valence-corrected chi connectivity index (χ1v) is 18.5. The highest BCUT2D eigenvalue weighted by Gasteiger charge is 2.28. The van der Waals surface area contributed by atoms with Gasteiger partial charge in [0.25, 0.3) is 0 Å². The molecule has 1 fully saturated rings. The van der Waals surface area contributed by atoms with E-state index in [0.717, 1.165) is 6.66 Å². The fraction of sp³-hybridized carbons (Fsp3) is 0.840. The van der Waals surface area contributed by atoms with E-state index < -0.39 is 39.0 Å². The summed E-state index contributed by atoms with van der Waals surface area (Å²) in [5.41, 5.74) is 0. The molecule has 0 aliphatic heterocycles. The van der Waals surface area contributed by atoms with Gasteiger partial charge in [-0.1, -0.05) is 0 Å². The highest BCUT2D eigenvalue weighted by Crippen LogP contribution is 2.41. The van der Waals surface area contributed by atoms with Crippen molar-refractivity contribution >= 4 is 39.0 Å². The quantitative estimate of drug-likeness (QED) is 0.0344. The predicted octanol–water partition coefficient (Wildman–Crippen LogP) is -1.45. The highest BCUT2D eigenvalue weighted by atomic mass is 31.2. The lowest BCUT2D eigenvalue weighted by atomic mass is 9.93. The van der Waals surface area contributed by atoms with Gasteiger partial charge in [-0.05, 0) is 38.5 Å². The van der Waals surface area contributed by atoms with Gasteiger partial charge < -0.3 is 59.4 Å². The van der Waals surface area contributed by atoms with E-state index >= 15 is 0 Å². The van der Waals surface area contributed by atoms with Crippen molar-refractivity contribution < 1.29 is 71.0 Å². The van der Waals surface area contributed by atoms with Gasteiger partial charge >= 0.3 is 39.0 Å². The Morgan fingerprint density at radius 2 is 1.04 bits per heavy atom. The number of hydrogen-bond acceptors (Lipinski definition) is 12. The number of hydrogen-bond donors (Lipinski definition) is 7. The zero-order valence-electron chi connectivity index (χ0n) is 26.0. The van der Waals surface area contributed by atoms with E-state index in [0.29, 0.717) is 78.2 Å². The van der Waals surface area contributed by atoms with Crippen molar-refractivity contribution in [3.05, 3.63) is 0 Å². The fourth-order valence-corrected chi connectivity index (χ4v) is 5.01. The molecule has 0 saturated heterocycles. The van der Waals surface area contributed by atoms with Crippen LogP contribution in [0.5, 0.6) is 0 Å². The molecule has 7 N–H and O–H groups in total. The molecule has 19 nitrogen and oxygen atoms in total. The minimum atomic E-state index is -4.54. The van der Waals surface area contributed by atoms with Gasteiger partial charge in [0, 0.05) is 45.6 Å². The van der Waals surface area contributed by atoms with Gasteiger partial charge in [0.1, 0.15) is 0 Å². The summed E-state index contributed by atoms with van der Waals surface area (Å²) in [7, 11) is -8.09. The molecule has 0 aromatic carbocycles. The number of nitrogens with one attached hydrogen (secondary N) is 4. The molecule has 0 aromatic heterocycles. The summed E-state index contributed by atoms with van der Waals surface area (Å²) in [4.78, 5) is 73.8. The molecule has 0 bridgehead atoms. The maximum atomic E-state index is 12.1. The van der Waals surface area contributed by atoms with Gasteiger partial charge in [-0.25, -0.2) is 4.57 Å². The van der Waals surface area contributed by atoms with Crippen LogP contribution in [0, 0.1) is 0 Å². The van der Waals surface area contributed by atoms with Gasteiger partial charge in [-0.2, -0.15) is 0 Å². The Hall–Kier alpha value is -2.02. The van der Waals surface area contributed by atoms with Gasteiger partial charge in [-0.15, -0.1) is 0 Å². The SMILES string of the molecule is CP(=O)(O)OC1CCC(NC(=O)C(=O)NCCCOCCOCCOCCCNC(=O)C(=O)NCCOCCOP(=O)(O)O)CC1. The smallest absolute Gasteiger partial charge is 0.379 e. The molecule has 21 heteroatoms. The Morgan fingerprint density at radius 3 is 1.54 bits per heavy atom. The maximum Gasteiger partial charge on any atom is 0.469 e. The standard InChI is InChI=1S/C25H48N4O15P2/c1-45(34,35)44-21-6-4-20(5-7-21)29-25(33)24(32)27-9-3-12-40-15-17-42-16-14-39-11-2-8-26-22(30)23(31)28-10-13-41-18-19-43-46(36,37)38/h20-21H,2-19H2,1H3,(H,26,30)(H,27,32)(H,28,31)(H,29,33)(H,34,35)(H2,36,37,38). The summed E-state index contributed by atoms with van der Waals surface area (Å²) in [6, 6.07) is -0.184. The van der Waals surface area contributed by atoms with Crippen molar-refractivity contribution in [2.75, 3.05) is 85.8 Å².